The number of anilines is 1. The quantitative estimate of drug-likeness (QED) is 0.877. The van der Waals surface area contributed by atoms with Gasteiger partial charge in [0, 0.05) is 11.9 Å². The lowest BCUT2D eigenvalue weighted by molar-refractivity contribution is 0.102. The molecule has 0 aliphatic carbocycles. The van der Waals surface area contributed by atoms with Crippen molar-refractivity contribution in [3.63, 3.8) is 0 Å². The van der Waals surface area contributed by atoms with E-state index in [1.807, 2.05) is 26.0 Å². The summed E-state index contributed by atoms with van der Waals surface area (Å²) in [6, 6.07) is 12.7. The van der Waals surface area contributed by atoms with E-state index in [9.17, 15) is 4.79 Å². The summed E-state index contributed by atoms with van der Waals surface area (Å²) in [5.74, 6) is -0.319. The maximum Gasteiger partial charge on any atom is 0.258 e. The van der Waals surface area contributed by atoms with Crippen molar-refractivity contribution < 1.29 is 4.79 Å². The lowest BCUT2D eigenvalue weighted by Crippen LogP contribution is -2.15. The molecule has 1 heterocycles. The summed E-state index contributed by atoms with van der Waals surface area (Å²) in [6.45, 7) is 3.69. The van der Waals surface area contributed by atoms with Crippen LogP contribution < -0.4 is 5.32 Å². The topological polar surface area (TPSA) is 65.8 Å². The molecule has 0 atom stereocenters. The molecule has 2 aromatic rings. The minimum atomic E-state index is -0.560. The second-order valence-electron chi connectivity index (χ2n) is 5.11. The SMILES string of the molecule is CC(C)(C#N)c1ccc(NC(=O)c2cccnc2Cl)cc1. The average Bonchev–Trinajstić information content (AvgIpc) is 2.48. The van der Waals surface area contributed by atoms with Crippen molar-refractivity contribution in [2.24, 2.45) is 0 Å². The van der Waals surface area contributed by atoms with Gasteiger partial charge in [-0.3, -0.25) is 4.79 Å². The molecule has 21 heavy (non-hydrogen) atoms. The number of amides is 1. The monoisotopic (exact) mass is 299 g/mol. The van der Waals surface area contributed by atoms with E-state index in [4.69, 9.17) is 16.9 Å². The van der Waals surface area contributed by atoms with E-state index >= 15 is 0 Å². The highest BCUT2D eigenvalue weighted by Crippen LogP contribution is 2.24. The molecule has 0 aliphatic rings. The fourth-order valence-corrected chi connectivity index (χ4v) is 1.99. The van der Waals surface area contributed by atoms with Gasteiger partial charge in [-0.15, -0.1) is 0 Å². The Hall–Kier alpha value is -2.38. The van der Waals surface area contributed by atoms with Crippen molar-refractivity contribution in [2.75, 3.05) is 5.32 Å². The molecule has 106 valence electrons. The molecule has 1 amide bonds. The Kier molecular flexibility index (Phi) is 4.25. The first-order valence-corrected chi connectivity index (χ1v) is 6.75. The number of aromatic nitrogens is 1. The van der Waals surface area contributed by atoms with Crippen LogP contribution in [0.5, 0.6) is 0 Å². The van der Waals surface area contributed by atoms with E-state index in [1.54, 1.807) is 24.3 Å². The van der Waals surface area contributed by atoms with Crippen LogP contribution in [0.15, 0.2) is 42.6 Å². The number of nitrogens with one attached hydrogen (secondary N) is 1. The third kappa shape index (κ3) is 3.39. The molecule has 0 unspecified atom stereocenters. The molecule has 0 saturated carbocycles. The zero-order valence-electron chi connectivity index (χ0n) is 11.7. The van der Waals surface area contributed by atoms with Gasteiger partial charge in [-0.05, 0) is 43.7 Å². The fourth-order valence-electron chi connectivity index (χ4n) is 1.79. The van der Waals surface area contributed by atoms with Gasteiger partial charge in [-0.2, -0.15) is 5.26 Å². The number of carbonyl (C=O) groups excluding carboxylic acids is 1. The number of pyridine rings is 1. The number of benzene rings is 1. The van der Waals surface area contributed by atoms with Gasteiger partial charge in [0.15, 0.2) is 0 Å². The number of halogens is 1. The summed E-state index contributed by atoms with van der Waals surface area (Å²) in [6.07, 6.45) is 1.53. The second-order valence-corrected chi connectivity index (χ2v) is 5.47. The normalized spacial score (nSPS) is 10.8. The number of hydrogen-bond acceptors (Lipinski definition) is 3. The number of rotatable bonds is 3. The lowest BCUT2D eigenvalue weighted by Gasteiger charge is -2.16. The summed E-state index contributed by atoms with van der Waals surface area (Å²) in [7, 11) is 0. The van der Waals surface area contributed by atoms with Crippen LogP contribution >= 0.6 is 11.6 Å². The Morgan fingerprint density at radius 3 is 2.52 bits per heavy atom. The number of nitriles is 1. The Morgan fingerprint density at radius 2 is 1.95 bits per heavy atom. The molecule has 0 spiro atoms. The zero-order valence-corrected chi connectivity index (χ0v) is 12.5. The average molecular weight is 300 g/mol. The van der Waals surface area contributed by atoms with Crippen LogP contribution in [-0.2, 0) is 5.41 Å². The highest BCUT2D eigenvalue weighted by molar-refractivity contribution is 6.33. The van der Waals surface area contributed by atoms with Crippen molar-refractivity contribution in [3.8, 4) is 6.07 Å². The first-order chi connectivity index (χ1) is 9.94. The van der Waals surface area contributed by atoms with E-state index in [0.717, 1.165) is 5.56 Å². The Morgan fingerprint density at radius 1 is 1.29 bits per heavy atom. The van der Waals surface area contributed by atoms with Crippen LogP contribution in [0, 0.1) is 11.3 Å². The Labute approximate surface area is 128 Å². The molecule has 4 nitrogen and oxygen atoms in total. The molecular weight excluding hydrogens is 286 g/mol. The third-order valence-electron chi connectivity index (χ3n) is 3.15. The van der Waals surface area contributed by atoms with E-state index in [-0.39, 0.29) is 11.1 Å². The van der Waals surface area contributed by atoms with E-state index in [1.165, 1.54) is 6.20 Å². The summed E-state index contributed by atoms with van der Waals surface area (Å²) in [5.41, 5.74) is 1.29. The summed E-state index contributed by atoms with van der Waals surface area (Å²) in [4.78, 5) is 16.0. The smallest absolute Gasteiger partial charge is 0.258 e. The summed E-state index contributed by atoms with van der Waals surface area (Å²) in [5, 5.41) is 12.0. The highest BCUT2D eigenvalue weighted by atomic mass is 35.5. The summed E-state index contributed by atoms with van der Waals surface area (Å²) < 4.78 is 0. The minimum Gasteiger partial charge on any atom is -0.322 e. The molecule has 1 aromatic carbocycles. The van der Waals surface area contributed by atoms with Gasteiger partial charge in [0.05, 0.1) is 17.0 Å². The molecule has 0 fully saturated rings. The molecule has 0 saturated heterocycles. The van der Waals surface area contributed by atoms with Crippen LogP contribution in [-0.4, -0.2) is 10.9 Å². The van der Waals surface area contributed by atoms with Crippen LogP contribution in [0.2, 0.25) is 5.15 Å². The van der Waals surface area contributed by atoms with E-state index < -0.39 is 5.41 Å². The largest absolute Gasteiger partial charge is 0.322 e. The van der Waals surface area contributed by atoms with Gasteiger partial charge in [0.25, 0.3) is 5.91 Å². The standard InChI is InChI=1S/C16H14ClN3O/c1-16(2,10-18)11-5-7-12(8-6-11)20-15(21)13-4-3-9-19-14(13)17/h3-9H,1-2H3,(H,20,21). The number of carbonyl (C=O) groups is 1. The first kappa shape index (κ1) is 15.0. The van der Waals surface area contributed by atoms with Crippen LogP contribution in [0.1, 0.15) is 29.8 Å². The predicted molar refractivity (Wildman–Crippen MR) is 82.3 cm³/mol. The molecular formula is C16H14ClN3O. The molecule has 2 rings (SSSR count). The van der Waals surface area contributed by atoms with Crippen molar-refractivity contribution in [2.45, 2.75) is 19.3 Å². The number of nitrogens with zero attached hydrogens (tertiary/aromatic N) is 2. The van der Waals surface area contributed by atoms with E-state index in [2.05, 4.69) is 16.4 Å². The highest BCUT2D eigenvalue weighted by Gasteiger charge is 2.19. The molecule has 0 aliphatic heterocycles. The lowest BCUT2D eigenvalue weighted by atomic mass is 9.86. The van der Waals surface area contributed by atoms with Gasteiger partial charge >= 0.3 is 0 Å². The molecule has 0 bridgehead atoms. The van der Waals surface area contributed by atoms with Gasteiger partial charge in [0.2, 0.25) is 0 Å². The minimum absolute atomic E-state index is 0.164. The third-order valence-corrected chi connectivity index (χ3v) is 3.45. The van der Waals surface area contributed by atoms with Gasteiger partial charge in [0.1, 0.15) is 5.15 Å². The maximum absolute atomic E-state index is 12.1. The Bertz CT molecular complexity index is 702. The predicted octanol–water partition coefficient (Wildman–Crippen LogP) is 3.79. The van der Waals surface area contributed by atoms with Gasteiger partial charge in [-0.25, -0.2) is 4.98 Å². The molecule has 0 radical (unpaired) electrons. The molecule has 5 heteroatoms. The van der Waals surface area contributed by atoms with Gasteiger partial charge < -0.3 is 5.32 Å². The van der Waals surface area contributed by atoms with Crippen LogP contribution in [0.25, 0.3) is 0 Å². The van der Waals surface area contributed by atoms with Crippen molar-refractivity contribution in [1.82, 2.24) is 4.98 Å². The molecule has 1 N–H and O–H groups in total. The summed E-state index contributed by atoms with van der Waals surface area (Å²) >= 11 is 5.88. The van der Waals surface area contributed by atoms with Crippen molar-refractivity contribution in [3.05, 3.63) is 58.9 Å². The van der Waals surface area contributed by atoms with Crippen LogP contribution in [0.3, 0.4) is 0 Å². The van der Waals surface area contributed by atoms with Gasteiger partial charge in [-0.1, -0.05) is 23.7 Å². The fraction of sp³-hybridized carbons (Fsp3) is 0.188. The Balaban J connectivity index is 2.17. The first-order valence-electron chi connectivity index (χ1n) is 6.38. The van der Waals surface area contributed by atoms with Crippen LogP contribution in [0.4, 0.5) is 5.69 Å². The van der Waals surface area contributed by atoms with Crippen molar-refractivity contribution in [1.29, 1.82) is 5.26 Å². The van der Waals surface area contributed by atoms with E-state index in [0.29, 0.717) is 11.3 Å². The second kappa shape index (κ2) is 5.94. The van der Waals surface area contributed by atoms with Crippen molar-refractivity contribution >= 4 is 23.2 Å². The zero-order chi connectivity index (χ0) is 15.5. The number of hydrogen-bond donors (Lipinski definition) is 1. The molecule has 1 aromatic heterocycles. The maximum atomic E-state index is 12.1.